The molecule has 1 aromatic carbocycles. The van der Waals surface area contributed by atoms with Crippen LogP contribution in [-0.2, 0) is 15.0 Å². The summed E-state index contributed by atoms with van der Waals surface area (Å²) in [6.45, 7) is 5.92. The minimum absolute atomic E-state index is 0.00617. The lowest BCUT2D eigenvalue weighted by atomic mass is 9.77. The van der Waals surface area contributed by atoms with Crippen molar-refractivity contribution in [2.45, 2.75) is 51.4 Å². The SMILES string of the molecule is CC#Cc1cccc(-c2csc([C@@]3(C)CC(=N)N(CCCN4CCCC4=O)C(=O)C3)c2)c1. The van der Waals surface area contributed by atoms with Crippen molar-refractivity contribution in [3.05, 3.63) is 46.2 Å². The van der Waals surface area contributed by atoms with Crippen LogP contribution in [0.5, 0.6) is 0 Å². The summed E-state index contributed by atoms with van der Waals surface area (Å²) in [7, 11) is 0. The molecule has 2 aliphatic rings. The molecule has 2 aliphatic heterocycles. The van der Waals surface area contributed by atoms with Crippen molar-refractivity contribution in [2.75, 3.05) is 19.6 Å². The van der Waals surface area contributed by atoms with E-state index in [9.17, 15) is 9.59 Å². The standard InChI is InChI=1S/C26H29N3O2S/c1-3-7-19-8-4-9-20(14-19)21-15-22(32-18-21)26(2)16-23(27)29(25(31)17-26)13-6-12-28-11-5-10-24(28)30/h4,8-9,14-15,18,27H,5-6,10-13,16-17H2,1-2H3/t26-/m0/s1. The average Bonchev–Trinajstić information content (AvgIpc) is 3.40. The molecule has 0 aliphatic carbocycles. The topological polar surface area (TPSA) is 64.5 Å². The first-order valence-electron chi connectivity index (χ1n) is 11.2. The number of piperidine rings is 1. The van der Waals surface area contributed by atoms with Crippen LogP contribution in [0.4, 0.5) is 0 Å². The van der Waals surface area contributed by atoms with Crippen molar-refractivity contribution < 1.29 is 9.59 Å². The minimum atomic E-state index is -0.362. The molecule has 2 fully saturated rings. The first-order chi connectivity index (χ1) is 15.4. The van der Waals surface area contributed by atoms with Crippen molar-refractivity contribution in [1.82, 2.24) is 9.80 Å². The molecule has 0 radical (unpaired) electrons. The normalized spacial score (nSPS) is 21.1. The Morgan fingerprint density at radius 1 is 1.12 bits per heavy atom. The number of hydrogen-bond acceptors (Lipinski definition) is 4. The Morgan fingerprint density at radius 2 is 1.97 bits per heavy atom. The second kappa shape index (κ2) is 9.30. The molecule has 5 nitrogen and oxygen atoms in total. The predicted molar refractivity (Wildman–Crippen MR) is 129 cm³/mol. The van der Waals surface area contributed by atoms with E-state index < -0.39 is 0 Å². The predicted octanol–water partition coefficient (Wildman–Crippen LogP) is 4.66. The number of nitrogens with one attached hydrogen (secondary N) is 1. The van der Waals surface area contributed by atoms with Gasteiger partial charge in [0.25, 0.3) is 0 Å². The molecule has 2 amide bonds. The summed E-state index contributed by atoms with van der Waals surface area (Å²) in [5.41, 5.74) is 2.87. The second-order valence-corrected chi connectivity index (χ2v) is 9.81. The third-order valence-corrected chi connectivity index (χ3v) is 7.60. The van der Waals surface area contributed by atoms with Gasteiger partial charge in [0.05, 0.1) is 0 Å². The zero-order valence-corrected chi connectivity index (χ0v) is 19.6. The van der Waals surface area contributed by atoms with Crippen LogP contribution in [0.25, 0.3) is 11.1 Å². The molecule has 0 spiro atoms. The third kappa shape index (κ3) is 4.63. The number of hydrogen-bond donors (Lipinski definition) is 1. The van der Waals surface area contributed by atoms with Crippen LogP contribution < -0.4 is 0 Å². The molecule has 1 atom stereocenters. The van der Waals surface area contributed by atoms with Crippen LogP contribution in [0.2, 0.25) is 0 Å². The number of carbonyl (C=O) groups excluding carboxylic acids is 2. The van der Waals surface area contributed by atoms with E-state index in [1.807, 2.05) is 24.0 Å². The van der Waals surface area contributed by atoms with E-state index in [4.69, 9.17) is 5.41 Å². The van der Waals surface area contributed by atoms with E-state index in [2.05, 4.69) is 42.3 Å². The first kappa shape index (κ1) is 22.3. The Bertz CT molecular complexity index is 1090. The molecule has 4 rings (SSSR count). The van der Waals surface area contributed by atoms with E-state index in [0.717, 1.165) is 41.0 Å². The fourth-order valence-electron chi connectivity index (χ4n) is 4.63. The molecule has 166 valence electrons. The molecule has 2 saturated heterocycles. The van der Waals surface area contributed by atoms with Crippen molar-refractivity contribution in [2.24, 2.45) is 0 Å². The van der Waals surface area contributed by atoms with Gasteiger partial charge in [0, 0.05) is 54.8 Å². The van der Waals surface area contributed by atoms with E-state index in [1.54, 1.807) is 16.2 Å². The maximum absolute atomic E-state index is 13.0. The first-order valence-corrected chi connectivity index (χ1v) is 12.1. The maximum Gasteiger partial charge on any atom is 0.228 e. The molecule has 1 aromatic heterocycles. The summed E-state index contributed by atoms with van der Waals surface area (Å²) in [6, 6.07) is 10.4. The Balaban J connectivity index is 1.42. The number of amidine groups is 1. The second-order valence-electron chi connectivity index (χ2n) is 8.90. The van der Waals surface area contributed by atoms with Gasteiger partial charge >= 0.3 is 0 Å². The monoisotopic (exact) mass is 447 g/mol. The highest BCUT2D eigenvalue weighted by Gasteiger charge is 2.40. The van der Waals surface area contributed by atoms with Crippen molar-refractivity contribution >= 4 is 29.0 Å². The zero-order valence-electron chi connectivity index (χ0n) is 18.7. The maximum atomic E-state index is 13.0. The molecule has 0 bridgehead atoms. The quantitative estimate of drug-likeness (QED) is 0.655. The summed E-state index contributed by atoms with van der Waals surface area (Å²) >= 11 is 1.66. The number of thiophene rings is 1. The summed E-state index contributed by atoms with van der Waals surface area (Å²) in [4.78, 5) is 29.4. The van der Waals surface area contributed by atoms with Gasteiger partial charge in [-0.1, -0.05) is 25.0 Å². The summed E-state index contributed by atoms with van der Waals surface area (Å²) < 4.78 is 0. The number of carbonyl (C=O) groups is 2. The number of benzene rings is 1. The fourth-order valence-corrected chi connectivity index (χ4v) is 5.71. The van der Waals surface area contributed by atoms with Crippen LogP contribution in [0.15, 0.2) is 35.7 Å². The molecular formula is C26H29N3O2S. The Morgan fingerprint density at radius 3 is 2.69 bits per heavy atom. The van der Waals surface area contributed by atoms with Gasteiger partial charge in [-0.2, -0.15) is 0 Å². The van der Waals surface area contributed by atoms with Crippen LogP contribution in [0, 0.1) is 17.3 Å². The molecule has 32 heavy (non-hydrogen) atoms. The van der Waals surface area contributed by atoms with E-state index in [-0.39, 0.29) is 17.2 Å². The lowest BCUT2D eigenvalue weighted by Crippen LogP contribution is -2.48. The molecule has 6 heteroatoms. The van der Waals surface area contributed by atoms with Crippen molar-refractivity contribution in [1.29, 1.82) is 5.41 Å². The smallest absolute Gasteiger partial charge is 0.228 e. The number of likely N-dealkylation sites (tertiary alicyclic amines) is 2. The van der Waals surface area contributed by atoms with Gasteiger partial charge < -0.3 is 9.80 Å². The van der Waals surface area contributed by atoms with Gasteiger partial charge in [0.1, 0.15) is 5.84 Å². The molecule has 3 heterocycles. The van der Waals surface area contributed by atoms with Gasteiger partial charge in [0.15, 0.2) is 0 Å². The zero-order chi connectivity index (χ0) is 22.7. The van der Waals surface area contributed by atoms with Gasteiger partial charge in [0.2, 0.25) is 11.8 Å². The van der Waals surface area contributed by atoms with Gasteiger partial charge in [-0.25, -0.2) is 0 Å². The van der Waals surface area contributed by atoms with Crippen LogP contribution in [-0.4, -0.2) is 47.1 Å². The highest BCUT2D eigenvalue weighted by atomic mass is 32.1. The summed E-state index contributed by atoms with van der Waals surface area (Å²) in [6.07, 6.45) is 3.23. The van der Waals surface area contributed by atoms with Crippen molar-refractivity contribution in [3.63, 3.8) is 0 Å². The molecule has 0 unspecified atom stereocenters. The largest absolute Gasteiger partial charge is 0.343 e. The Hall–Kier alpha value is -2.91. The third-order valence-electron chi connectivity index (χ3n) is 6.37. The van der Waals surface area contributed by atoms with Gasteiger partial charge in [-0.3, -0.25) is 15.0 Å². The lowest BCUT2D eigenvalue weighted by Gasteiger charge is -2.38. The van der Waals surface area contributed by atoms with Crippen LogP contribution in [0.1, 0.15) is 56.4 Å². The Kier molecular flexibility index (Phi) is 6.48. The average molecular weight is 448 g/mol. The van der Waals surface area contributed by atoms with Crippen LogP contribution in [0.3, 0.4) is 0 Å². The molecule has 1 N–H and O–H groups in total. The van der Waals surface area contributed by atoms with E-state index in [0.29, 0.717) is 38.2 Å². The van der Waals surface area contributed by atoms with E-state index >= 15 is 0 Å². The van der Waals surface area contributed by atoms with Gasteiger partial charge in [-0.05, 0) is 54.5 Å². The minimum Gasteiger partial charge on any atom is -0.343 e. The lowest BCUT2D eigenvalue weighted by molar-refractivity contribution is -0.130. The van der Waals surface area contributed by atoms with Gasteiger partial charge in [-0.15, -0.1) is 17.3 Å². The van der Waals surface area contributed by atoms with Crippen LogP contribution >= 0.6 is 11.3 Å². The number of nitrogens with zero attached hydrogens (tertiary/aromatic N) is 2. The molecule has 2 aromatic rings. The number of rotatable bonds is 6. The summed E-state index contributed by atoms with van der Waals surface area (Å²) in [5.74, 6) is 6.64. The highest BCUT2D eigenvalue weighted by molar-refractivity contribution is 7.10. The Labute approximate surface area is 193 Å². The molecule has 0 saturated carbocycles. The molecular weight excluding hydrogens is 418 g/mol. The fraction of sp³-hybridized carbons (Fsp3) is 0.423. The van der Waals surface area contributed by atoms with Crippen molar-refractivity contribution in [3.8, 4) is 23.0 Å². The number of amides is 2. The highest BCUT2D eigenvalue weighted by Crippen LogP contribution is 2.41. The van der Waals surface area contributed by atoms with E-state index in [1.165, 1.54) is 0 Å². The summed E-state index contributed by atoms with van der Waals surface area (Å²) in [5, 5.41) is 10.7.